The van der Waals surface area contributed by atoms with Crippen LogP contribution >= 0.6 is 0 Å². The van der Waals surface area contributed by atoms with Crippen LogP contribution in [0.15, 0.2) is 18.2 Å². The predicted molar refractivity (Wildman–Crippen MR) is 57.9 cm³/mol. The lowest BCUT2D eigenvalue weighted by Gasteiger charge is -2.09. The fourth-order valence-electron chi connectivity index (χ4n) is 1.35. The van der Waals surface area contributed by atoms with E-state index in [9.17, 15) is 4.39 Å². The zero-order chi connectivity index (χ0) is 10.6. The molecule has 1 aromatic rings. The minimum Gasteiger partial charge on any atom is -0.313 e. The molecule has 0 atom stereocenters. The minimum absolute atomic E-state index is 0.115. The van der Waals surface area contributed by atoms with Crippen LogP contribution < -0.4 is 5.32 Å². The predicted octanol–water partition coefficient (Wildman–Crippen LogP) is 3.06. The lowest BCUT2D eigenvalue weighted by molar-refractivity contribution is 0.591. The number of halogens is 1. The summed E-state index contributed by atoms with van der Waals surface area (Å²) in [4.78, 5) is 0. The topological polar surface area (TPSA) is 12.0 Å². The first kappa shape index (κ1) is 11.2. The van der Waals surface area contributed by atoms with Gasteiger partial charge in [0.15, 0.2) is 0 Å². The zero-order valence-electron chi connectivity index (χ0n) is 9.10. The molecule has 0 bridgehead atoms. The SMILES string of the molecule is CCNCc1cc(C(C)C)ccc1F. The van der Waals surface area contributed by atoms with Crippen LogP contribution in [-0.2, 0) is 6.54 Å². The van der Waals surface area contributed by atoms with Gasteiger partial charge in [-0.25, -0.2) is 4.39 Å². The van der Waals surface area contributed by atoms with E-state index in [0.717, 1.165) is 12.1 Å². The van der Waals surface area contributed by atoms with Crippen LogP contribution in [0.2, 0.25) is 0 Å². The van der Waals surface area contributed by atoms with Crippen LogP contribution in [0.5, 0.6) is 0 Å². The highest BCUT2D eigenvalue weighted by atomic mass is 19.1. The van der Waals surface area contributed by atoms with E-state index < -0.39 is 0 Å². The van der Waals surface area contributed by atoms with Crippen molar-refractivity contribution in [2.75, 3.05) is 6.54 Å². The standard InChI is InChI=1S/C12H18FN/c1-4-14-8-11-7-10(9(2)3)5-6-12(11)13/h5-7,9,14H,4,8H2,1-3H3. The second-order valence-corrected chi connectivity index (χ2v) is 3.79. The van der Waals surface area contributed by atoms with Crippen molar-refractivity contribution in [3.05, 3.63) is 35.1 Å². The summed E-state index contributed by atoms with van der Waals surface area (Å²) in [6.45, 7) is 7.73. The van der Waals surface area contributed by atoms with Gasteiger partial charge in [-0.2, -0.15) is 0 Å². The Bertz CT molecular complexity index is 294. The molecule has 0 aliphatic heterocycles. The molecule has 0 spiro atoms. The Morgan fingerprint density at radius 2 is 2.07 bits per heavy atom. The lowest BCUT2D eigenvalue weighted by atomic mass is 10.0. The zero-order valence-corrected chi connectivity index (χ0v) is 9.10. The molecule has 0 aliphatic rings. The molecule has 0 radical (unpaired) electrons. The molecule has 1 aromatic carbocycles. The summed E-state index contributed by atoms with van der Waals surface area (Å²) in [7, 11) is 0. The van der Waals surface area contributed by atoms with Crippen LogP contribution in [-0.4, -0.2) is 6.54 Å². The van der Waals surface area contributed by atoms with Crippen molar-refractivity contribution < 1.29 is 4.39 Å². The summed E-state index contributed by atoms with van der Waals surface area (Å²) in [6, 6.07) is 5.36. The van der Waals surface area contributed by atoms with Crippen molar-refractivity contribution in [2.45, 2.75) is 33.2 Å². The van der Waals surface area contributed by atoms with Gasteiger partial charge in [-0.05, 0) is 24.1 Å². The molecule has 0 saturated heterocycles. The van der Waals surface area contributed by atoms with Crippen molar-refractivity contribution in [3.8, 4) is 0 Å². The molecular weight excluding hydrogens is 177 g/mol. The first-order valence-electron chi connectivity index (χ1n) is 5.14. The molecule has 0 saturated carbocycles. The average molecular weight is 195 g/mol. The van der Waals surface area contributed by atoms with Gasteiger partial charge in [0.2, 0.25) is 0 Å². The van der Waals surface area contributed by atoms with Gasteiger partial charge in [-0.3, -0.25) is 0 Å². The normalized spacial score (nSPS) is 10.9. The molecule has 1 N–H and O–H groups in total. The molecule has 0 unspecified atom stereocenters. The maximum absolute atomic E-state index is 13.3. The number of hydrogen-bond donors (Lipinski definition) is 1. The third-order valence-corrected chi connectivity index (χ3v) is 2.30. The van der Waals surface area contributed by atoms with Gasteiger partial charge in [0.25, 0.3) is 0 Å². The average Bonchev–Trinajstić information content (AvgIpc) is 2.16. The van der Waals surface area contributed by atoms with E-state index in [0.29, 0.717) is 12.5 Å². The number of hydrogen-bond acceptors (Lipinski definition) is 1. The van der Waals surface area contributed by atoms with E-state index in [2.05, 4.69) is 19.2 Å². The summed E-state index contributed by atoms with van der Waals surface area (Å²) in [5.74, 6) is 0.339. The van der Waals surface area contributed by atoms with Crippen molar-refractivity contribution in [1.29, 1.82) is 0 Å². The Kier molecular flexibility index (Phi) is 4.08. The van der Waals surface area contributed by atoms with Gasteiger partial charge in [-0.15, -0.1) is 0 Å². The fraction of sp³-hybridized carbons (Fsp3) is 0.500. The second-order valence-electron chi connectivity index (χ2n) is 3.79. The van der Waals surface area contributed by atoms with Gasteiger partial charge < -0.3 is 5.32 Å². The van der Waals surface area contributed by atoms with Gasteiger partial charge in [0, 0.05) is 12.1 Å². The van der Waals surface area contributed by atoms with E-state index in [1.54, 1.807) is 6.07 Å². The summed E-state index contributed by atoms with van der Waals surface area (Å²) < 4.78 is 13.3. The minimum atomic E-state index is -0.115. The van der Waals surface area contributed by atoms with Crippen LogP contribution in [0.1, 0.15) is 37.8 Å². The Morgan fingerprint density at radius 1 is 1.36 bits per heavy atom. The smallest absolute Gasteiger partial charge is 0.127 e. The molecule has 0 aliphatic carbocycles. The first-order valence-corrected chi connectivity index (χ1v) is 5.14. The van der Waals surface area contributed by atoms with Crippen LogP contribution in [0.25, 0.3) is 0 Å². The number of rotatable bonds is 4. The third kappa shape index (κ3) is 2.81. The van der Waals surface area contributed by atoms with E-state index >= 15 is 0 Å². The van der Waals surface area contributed by atoms with Crippen molar-refractivity contribution in [1.82, 2.24) is 5.32 Å². The maximum atomic E-state index is 13.3. The van der Waals surface area contributed by atoms with Crippen LogP contribution in [0, 0.1) is 5.82 Å². The lowest BCUT2D eigenvalue weighted by Crippen LogP contribution is -2.13. The second kappa shape index (κ2) is 5.11. The Labute approximate surface area is 85.3 Å². The third-order valence-electron chi connectivity index (χ3n) is 2.30. The summed E-state index contributed by atoms with van der Waals surface area (Å²) in [6.07, 6.45) is 0. The van der Waals surface area contributed by atoms with E-state index in [-0.39, 0.29) is 5.82 Å². The van der Waals surface area contributed by atoms with E-state index in [4.69, 9.17) is 0 Å². The first-order chi connectivity index (χ1) is 6.65. The quantitative estimate of drug-likeness (QED) is 0.778. The summed E-state index contributed by atoms with van der Waals surface area (Å²) in [5, 5.41) is 3.13. The molecule has 0 aromatic heterocycles. The van der Waals surface area contributed by atoms with E-state index in [1.807, 2.05) is 19.1 Å². The van der Waals surface area contributed by atoms with Crippen molar-refractivity contribution >= 4 is 0 Å². The summed E-state index contributed by atoms with van der Waals surface area (Å²) in [5.41, 5.74) is 1.96. The fourth-order valence-corrected chi connectivity index (χ4v) is 1.35. The van der Waals surface area contributed by atoms with Gasteiger partial charge in [0.1, 0.15) is 5.82 Å². The highest BCUT2D eigenvalue weighted by Gasteiger charge is 2.05. The van der Waals surface area contributed by atoms with E-state index in [1.165, 1.54) is 5.56 Å². The summed E-state index contributed by atoms with van der Waals surface area (Å²) >= 11 is 0. The van der Waals surface area contributed by atoms with Gasteiger partial charge in [-0.1, -0.05) is 32.9 Å². The molecule has 0 amide bonds. The molecule has 78 valence electrons. The largest absolute Gasteiger partial charge is 0.313 e. The highest BCUT2D eigenvalue weighted by molar-refractivity contribution is 5.27. The Hall–Kier alpha value is -0.890. The molecule has 0 heterocycles. The van der Waals surface area contributed by atoms with Crippen LogP contribution in [0.4, 0.5) is 4.39 Å². The number of nitrogens with one attached hydrogen (secondary N) is 1. The maximum Gasteiger partial charge on any atom is 0.127 e. The Balaban J connectivity index is 2.85. The molecule has 0 fully saturated rings. The van der Waals surface area contributed by atoms with Gasteiger partial charge >= 0.3 is 0 Å². The molecule has 2 heteroatoms. The van der Waals surface area contributed by atoms with Crippen molar-refractivity contribution in [2.24, 2.45) is 0 Å². The molecular formula is C12H18FN. The van der Waals surface area contributed by atoms with Crippen LogP contribution in [0.3, 0.4) is 0 Å². The van der Waals surface area contributed by atoms with Gasteiger partial charge in [0.05, 0.1) is 0 Å². The Morgan fingerprint density at radius 3 is 2.64 bits per heavy atom. The molecule has 1 rings (SSSR count). The number of benzene rings is 1. The monoisotopic (exact) mass is 195 g/mol. The molecule has 1 nitrogen and oxygen atoms in total. The molecule has 14 heavy (non-hydrogen) atoms. The van der Waals surface area contributed by atoms with Crippen molar-refractivity contribution in [3.63, 3.8) is 0 Å². The highest BCUT2D eigenvalue weighted by Crippen LogP contribution is 2.17.